The summed E-state index contributed by atoms with van der Waals surface area (Å²) in [7, 11) is 1.61. The molecule has 2 aromatic rings. The fourth-order valence-corrected chi connectivity index (χ4v) is 4.52. The van der Waals surface area contributed by atoms with E-state index in [0.717, 1.165) is 36.8 Å². The van der Waals surface area contributed by atoms with Gasteiger partial charge in [0, 0.05) is 23.5 Å². The monoisotopic (exact) mass is 340 g/mol. The number of rotatable bonds is 4. The molecule has 0 saturated carbocycles. The largest absolute Gasteiger partial charge is 0.506 e. The molecule has 2 bridgehead atoms. The number of pyridine rings is 1. The molecule has 1 aromatic heterocycles. The van der Waals surface area contributed by atoms with Crippen LogP contribution in [0.1, 0.15) is 24.5 Å². The van der Waals surface area contributed by atoms with Crippen molar-refractivity contribution < 1.29 is 14.9 Å². The Morgan fingerprint density at radius 2 is 2.28 bits per heavy atom. The van der Waals surface area contributed by atoms with Gasteiger partial charge in [0.2, 0.25) is 0 Å². The first-order valence-corrected chi connectivity index (χ1v) is 8.82. The molecule has 25 heavy (non-hydrogen) atoms. The molecule has 3 fully saturated rings. The number of fused-ring (bicyclic) bond motifs is 4. The summed E-state index contributed by atoms with van der Waals surface area (Å²) in [6, 6.07) is 5.54. The molecule has 1 aromatic carbocycles. The van der Waals surface area contributed by atoms with Gasteiger partial charge >= 0.3 is 0 Å². The lowest BCUT2D eigenvalue weighted by Crippen LogP contribution is -2.54. The summed E-state index contributed by atoms with van der Waals surface area (Å²) in [5.41, 5.74) is 1.30. The van der Waals surface area contributed by atoms with Crippen molar-refractivity contribution >= 4 is 10.9 Å². The van der Waals surface area contributed by atoms with Crippen LogP contribution in [-0.2, 0) is 0 Å². The molecule has 0 amide bonds. The Kier molecular flexibility index (Phi) is 4.13. The number of nitrogens with zero attached hydrogens (tertiary/aromatic N) is 2. The highest BCUT2D eigenvalue weighted by molar-refractivity contribution is 5.85. The lowest BCUT2D eigenvalue weighted by Gasteiger charge is -2.50. The minimum absolute atomic E-state index is 0.0117. The Bertz CT molecular complexity index is 807. The Morgan fingerprint density at radius 1 is 1.44 bits per heavy atom. The lowest BCUT2D eigenvalue weighted by atomic mass is 9.73. The average Bonchev–Trinajstić information content (AvgIpc) is 2.67. The van der Waals surface area contributed by atoms with Crippen molar-refractivity contribution in [3.63, 3.8) is 0 Å². The SMILES string of the molecule is C=C[C@H]1CN2CCC1C[C@H]2[C@H](O)c1c(O)cnc2ccc(OC)cc12. The van der Waals surface area contributed by atoms with Gasteiger partial charge in [-0.25, -0.2) is 0 Å². The number of benzene rings is 1. The first kappa shape index (κ1) is 16.4. The van der Waals surface area contributed by atoms with Crippen LogP contribution in [0, 0.1) is 11.8 Å². The molecule has 3 aliphatic rings. The number of hydrogen-bond acceptors (Lipinski definition) is 5. The van der Waals surface area contributed by atoms with E-state index in [4.69, 9.17) is 4.74 Å². The maximum absolute atomic E-state index is 11.2. The number of piperidine rings is 3. The predicted molar refractivity (Wildman–Crippen MR) is 96.7 cm³/mol. The van der Waals surface area contributed by atoms with Crippen molar-refractivity contribution in [3.8, 4) is 11.5 Å². The summed E-state index contributed by atoms with van der Waals surface area (Å²) in [6.45, 7) is 5.88. The number of aliphatic hydroxyl groups excluding tert-OH is 1. The van der Waals surface area contributed by atoms with Crippen molar-refractivity contribution in [2.24, 2.45) is 11.8 Å². The van der Waals surface area contributed by atoms with Gasteiger partial charge in [0.15, 0.2) is 0 Å². The number of aromatic nitrogens is 1. The minimum Gasteiger partial charge on any atom is -0.506 e. The van der Waals surface area contributed by atoms with Crippen molar-refractivity contribution in [2.45, 2.75) is 25.0 Å². The van der Waals surface area contributed by atoms with E-state index in [1.807, 2.05) is 24.3 Å². The molecule has 0 spiro atoms. The first-order chi connectivity index (χ1) is 12.1. The summed E-state index contributed by atoms with van der Waals surface area (Å²) >= 11 is 0. The molecule has 132 valence electrons. The Morgan fingerprint density at radius 3 is 2.96 bits per heavy atom. The van der Waals surface area contributed by atoms with Crippen LogP contribution in [0.25, 0.3) is 10.9 Å². The summed E-state index contributed by atoms with van der Waals surface area (Å²) in [4.78, 5) is 6.61. The fourth-order valence-electron chi connectivity index (χ4n) is 4.52. The molecular formula is C20H24N2O3. The van der Waals surface area contributed by atoms with E-state index < -0.39 is 6.10 Å². The standard InChI is InChI=1S/C20H24N2O3/c1-3-12-11-22-7-6-13(12)8-17(22)20(24)19-15-9-14(25-2)4-5-16(15)21-10-18(19)23/h3-5,9-10,12-13,17,20,23-24H,1,6-8,11H2,2H3/t12-,13?,17-,20-/m0/s1. The molecule has 5 rings (SSSR count). The topological polar surface area (TPSA) is 65.8 Å². The Hall–Kier alpha value is -2.11. The normalized spacial score (nSPS) is 29.5. The number of aromatic hydroxyl groups is 1. The second-order valence-corrected chi connectivity index (χ2v) is 7.13. The van der Waals surface area contributed by atoms with E-state index in [-0.39, 0.29) is 11.8 Å². The van der Waals surface area contributed by atoms with Gasteiger partial charge in [0.25, 0.3) is 0 Å². The zero-order valence-corrected chi connectivity index (χ0v) is 14.4. The zero-order chi connectivity index (χ0) is 17.6. The summed E-state index contributed by atoms with van der Waals surface area (Å²) in [6.07, 6.45) is 4.79. The van der Waals surface area contributed by atoms with E-state index in [2.05, 4.69) is 16.5 Å². The van der Waals surface area contributed by atoms with Gasteiger partial charge in [-0.1, -0.05) is 6.08 Å². The minimum atomic E-state index is -0.758. The molecule has 3 saturated heterocycles. The van der Waals surface area contributed by atoms with Gasteiger partial charge in [0.05, 0.1) is 24.9 Å². The van der Waals surface area contributed by atoms with Gasteiger partial charge in [0.1, 0.15) is 11.5 Å². The van der Waals surface area contributed by atoms with Crippen molar-refractivity contribution in [1.82, 2.24) is 9.88 Å². The molecule has 2 unspecified atom stereocenters. The van der Waals surface area contributed by atoms with E-state index in [1.54, 1.807) is 7.11 Å². The molecule has 2 N–H and O–H groups in total. The fraction of sp³-hybridized carbons (Fsp3) is 0.450. The average molecular weight is 340 g/mol. The third kappa shape index (κ3) is 2.68. The number of aliphatic hydroxyl groups is 1. The van der Waals surface area contributed by atoms with Crippen LogP contribution in [-0.4, -0.2) is 46.3 Å². The Balaban J connectivity index is 1.74. The van der Waals surface area contributed by atoms with Crippen LogP contribution in [0.5, 0.6) is 11.5 Å². The van der Waals surface area contributed by atoms with E-state index in [0.29, 0.717) is 23.1 Å². The van der Waals surface area contributed by atoms with Gasteiger partial charge in [-0.15, -0.1) is 6.58 Å². The van der Waals surface area contributed by atoms with Crippen molar-refractivity contribution in [1.29, 1.82) is 0 Å². The summed E-state index contributed by atoms with van der Waals surface area (Å²) in [5, 5.41) is 22.4. The maximum atomic E-state index is 11.2. The van der Waals surface area contributed by atoms with Crippen LogP contribution in [0.4, 0.5) is 0 Å². The second-order valence-electron chi connectivity index (χ2n) is 7.13. The maximum Gasteiger partial charge on any atom is 0.140 e. The van der Waals surface area contributed by atoms with Crippen LogP contribution in [0.15, 0.2) is 37.1 Å². The van der Waals surface area contributed by atoms with Gasteiger partial charge in [-0.3, -0.25) is 9.88 Å². The summed E-state index contributed by atoms with van der Waals surface area (Å²) in [5.74, 6) is 1.79. The summed E-state index contributed by atoms with van der Waals surface area (Å²) < 4.78 is 5.31. The molecular weight excluding hydrogens is 316 g/mol. The van der Waals surface area contributed by atoms with Crippen LogP contribution >= 0.6 is 0 Å². The molecule has 0 aliphatic carbocycles. The number of hydrogen-bond donors (Lipinski definition) is 2. The molecule has 3 aliphatic heterocycles. The number of methoxy groups -OCH3 is 1. The third-order valence-corrected chi connectivity index (χ3v) is 5.91. The molecule has 4 heterocycles. The highest BCUT2D eigenvalue weighted by Gasteiger charge is 2.42. The zero-order valence-electron chi connectivity index (χ0n) is 14.4. The van der Waals surface area contributed by atoms with E-state index in [1.165, 1.54) is 6.20 Å². The third-order valence-electron chi connectivity index (χ3n) is 5.91. The van der Waals surface area contributed by atoms with Crippen LogP contribution in [0.3, 0.4) is 0 Å². The van der Waals surface area contributed by atoms with Gasteiger partial charge in [-0.2, -0.15) is 0 Å². The van der Waals surface area contributed by atoms with E-state index >= 15 is 0 Å². The number of ether oxygens (including phenoxy) is 1. The second kappa shape index (κ2) is 6.32. The molecule has 5 nitrogen and oxygen atoms in total. The highest BCUT2D eigenvalue weighted by Crippen LogP contribution is 2.44. The molecule has 0 radical (unpaired) electrons. The van der Waals surface area contributed by atoms with Crippen LogP contribution in [0.2, 0.25) is 0 Å². The molecule has 5 atom stereocenters. The van der Waals surface area contributed by atoms with Crippen molar-refractivity contribution in [3.05, 3.63) is 42.6 Å². The lowest BCUT2D eigenvalue weighted by molar-refractivity contribution is -0.0450. The van der Waals surface area contributed by atoms with Crippen LogP contribution < -0.4 is 4.74 Å². The van der Waals surface area contributed by atoms with E-state index in [9.17, 15) is 10.2 Å². The van der Waals surface area contributed by atoms with Crippen molar-refractivity contribution in [2.75, 3.05) is 20.2 Å². The molecule has 5 heteroatoms. The Labute approximate surface area is 147 Å². The quantitative estimate of drug-likeness (QED) is 0.838. The predicted octanol–water partition coefficient (Wildman–Crippen LogP) is 2.88. The van der Waals surface area contributed by atoms with Gasteiger partial charge in [-0.05, 0) is 49.4 Å². The first-order valence-electron chi connectivity index (χ1n) is 8.82. The van der Waals surface area contributed by atoms with Gasteiger partial charge < -0.3 is 14.9 Å². The smallest absolute Gasteiger partial charge is 0.140 e. The highest BCUT2D eigenvalue weighted by atomic mass is 16.5.